The summed E-state index contributed by atoms with van der Waals surface area (Å²) in [6.45, 7) is 8.57. The van der Waals surface area contributed by atoms with Crippen LogP contribution in [-0.2, 0) is 16.0 Å². The van der Waals surface area contributed by atoms with Gasteiger partial charge in [0.25, 0.3) is 0 Å². The molecule has 0 bridgehead atoms. The molecule has 3 aliphatic rings. The number of likely N-dealkylation sites (tertiary alicyclic amines) is 2. The number of rotatable bonds is 5. The highest BCUT2D eigenvalue weighted by atomic mass is 16.5. The molecule has 1 aromatic carbocycles. The van der Waals surface area contributed by atoms with Gasteiger partial charge in [-0.25, -0.2) is 0 Å². The molecule has 0 radical (unpaired) electrons. The van der Waals surface area contributed by atoms with E-state index in [1.165, 1.54) is 38.0 Å². The van der Waals surface area contributed by atoms with E-state index in [0.29, 0.717) is 17.9 Å². The van der Waals surface area contributed by atoms with Crippen molar-refractivity contribution in [2.45, 2.75) is 51.6 Å². The number of nitrogens with zero attached hydrogens (tertiary/aromatic N) is 3. The topological polar surface area (TPSA) is 36.0 Å². The van der Waals surface area contributed by atoms with E-state index in [4.69, 9.17) is 4.74 Å². The Morgan fingerprint density at radius 1 is 1.17 bits per heavy atom. The molecule has 0 aromatic heterocycles. The summed E-state index contributed by atoms with van der Waals surface area (Å²) in [7, 11) is 4.07. The SMILES string of the molecule is C[C@H]1CCCN(C[C@H]2CC3(CCN(C(=O)Cc4ccc(N(C)C)cc4)CC3)CO2)C1. The van der Waals surface area contributed by atoms with E-state index in [1.807, 2.05) is 14.1 Å². The average molecular weight is 414 g/mol. The second kappa shape index (κ2) is 9.27. The number of piperidine rings is 2. The molecule has 1 aromatic rings. The first kappa shape index (κ1) is 21.6. The zero-order chi connectivity index (χ0) is 21.1. The van der Waals surface area contributed by atoms with Crippen LogP contribution in [0.1, 0.15) is 44.6 Å². The first-order valence-corrected chi connectivity index (χ1v) is 11.8. The van der Waals surface area contributed by atoms with Gasteiger partial charge < -0.3 is 19.4 Å². The molecule has 4 rings (SSSR count). The molecule has 0 N–H and O–H groups in total. The lowest BCUT2D eigenvalue weighted by Gasteiger charge is -2.39. The predicted molar refractivity (Wildman–Crippen MR) is 122 cm³/mol. The molecule has 3 fully saturated rings. The van der Waals surface area contributed by atoms with Gasteiger partial charge in [-0.15, -0.1) is 0 Å². The van der Waals surface area contributed by atoms with Crippen molar-refractivity contribution in [2.75, 3.05) is 58.3 Å². The van der Waals surface area contributed by atoms with E-state index in [-0.39, 0.29) is 5.91 Å². The van der Waals surface area contributed by atoms with E-state index in [9.17, 15) is 4.79 Å². The summed E-state index contributed by atoms with van der Waals surface area (Å²) in [4.78, 5) is 19.6. The highest BCUT2D eigenvalue weighted by Gasteiger charge is 2.43. The standard InChI is InChI=1S/C25H39N3O2/c1-20-5-4-12-27(17-20)18-23-16-25(19-30-23)10-13-28(14-11-25)24(29)15-21-6-8-22(9-7-21)26(2)3/h6-9,20,23H,4-5,10-19H2,1-3H3/t20-,23+/m0/s1. The Kier molecular flexibility index (Phi) is 6.69. The fourth-order valence-corrected chi connectivity index (χ4v) is 5.53. The van der Waals surface area contributed by atoms with Crippen molar-refractivity contribution in [3.63, 3.8) is 0 Å². The lowest BCUT2D eigenvalue weighted by molar-refractivity contribution is -0.132. The second-order valence-corrected chi connectivity index (χ2v) is 10.3. The maximum atomic E-state index is 12.8. The smallest absolute Gasteiger partial charge is 0.226 e. The highest BCUT2D eigenvalue weighted by molar-refractivity contribution is 5.79. The van der Waals surface area contributed by atoms with Crippen molar-refractivity contribution >= 4 is 11.6 Å². The summed E-state index contributed by atoms with van der Waals surface area (Å²) in [5, 5.41) is 0. The van der Waals surface area contributed by atoms with Gasteiger partial charge >= 0.3 is 0 Å². The van der Waals surface area contributed by atoms with Crippen LogP contribution in [-0.4, -0.2) is 75.2 Å². The Hall–Kier alpha value is -1.59. The molecule has 1 amide bonds. The minimum atomic E-state index is 0.264. The number of carbonyl (C=O) groups excluding carboxylic acids is 1. The van der Waals surface area contributed by atoms with Gasteiger partial charge in [-0.05, 0) is 67.7 Å². The minimum absolute atomic E-state index is 0.264. The maximum Gasteiger partial charge on any atom is 0.226 e. The van der Waals surface area contributed by atoms with E-state index in [0.717, 1.165) is 50.6 Å². The molecular formula is C25H39N3O2. The third-order valence-electron chi connectivity index (χ3n) is 7.47. The molecule has 166 valence electrons. The molecule has 0 saturated carbocycles. The van der Waals surface area contributed by atoms with E-state index in [1.54, 1.807) is 0 Å². The Bertz CT molecular complexity index is 710. The number of anilines is 1. The van der Waals surface area contributed by atoms with Crippen molar-refractivity contribution in [1.29, 1.82) is 0 Å². The van der Waals surface area contributed by atoms with Gasteiger partial charge in [0.15, 0.2) is 0 Å². The van der Waals surface area contributed by atoms with Crippen LogP contribution in [0.5, 0.6) is 0 Å². The molecule has 30 heavy (non-hydrogen) atoms. The third kappa shape index (κ3) is 5.17. The van der Waals surface area contributed by atoms with Gasteiger partial charge in [0.05, 0.1) is 19.1 Å². The first-order valence-electron chi connectivity index (χ1n) is 11.8. The van der Waals surface area contributed by atoms with Gasteiger partial charge in [0.2, 0.25) is 5.91 Å². The van der Waals surface area contributed by atoms with Crippen molar-refractivity contribution in [2.24, 2.45) is 11.3 Å². The fraction of sp³-hybridized carbons (Fsp3) is 0.720. The molecule has 2 atom stereocenters. The van der Waals surface area contributed by atoms with E-state index in [2.05, 4.69) is 45.9 Å². The van der Waals surface area contributed by atoms with Crippen LogP contribution in [0.3, 0.4) is 0 Å². The molecular weight excluding hydrogens is 374 g/mol. The fourth-order valence-electron chi connectivity index (χ4n) is 5.53. The second-order valence-electron chi connectivity index (χ2n) is 10.3. The summed E-state index contributed by atoms with van der Waals surface area (Å²) >= 11 is 0. The number of ether oxygens (including phenoxy) is 1. The van der Waals surface area contributed by atoms with Crippen molar-refractivity contribution in [1.82, 2.24) is 9.80 Å². The summed E-state index contributed by atoms with van der Waals surface area (Å²) in [6, 6.07) is 8.34. The van der Waals surface area contributed by atoms with E-state index < -0.39 is 0 Å². The molecule has 5 nitrogen and oxygen atoms in total. The third-order valence-corrected chi connectivity index (χ3v) is 7.47. The largest absolute Gasteiger partial charge is 0.378 e. The monoisotopic (exact) mass is 413 g/mol. The van der Waals surface area contributed by atoms with E-state index >= 15 is 0 Å². The molecule has 0 unspecified atom stereocenters. The predicted octanol–water partition coefficient (Wildman–Crippen LogP) is 3.42. The number of hydrogen-bond donors (Lipinski definition) is 0. The Morgan fingerprint density at radius 3 is 2.57 bits per heavy atom. The lowest BCUT2D eigenvalue weighted by atomic mass is 9.76. The highest BCUT2D eigenvalue weighted by Crippen LogP contribution is 2.42. The zero-order valence-corrected chi connectivity index (χ0v) is 19.1. The maximum absolute atomic E-state index is 12.8. The van der Waals surface area contributed by atoms with Crippen molar-refractivity contribution in [3.05, 3.63) is 29.8 Å². The van der Waals surface area contributed by atoms with Crippen molar-refractivity contribution < 1.29 is 9.53 Å². The quantitative estimate of drug-likeness (QED) is 0.741. The first-order chi connectivity index (χ1) is 14.4. The lowest BCUT2D eigenvalue weighted by Crippen LogP contribution is -2.44. The van der Waals surface area contributed by atoms with Crippen LogP contribution in [0.15, 0.2) is 24.3 Å². The number of benzene rings is 1. The Balaban J connectivity index is 1.24. The van der Waals surface area contributed by atoms with Gasteiger partial charge in [-0.2, -0.15) is 0 Å². The van der Waals surface area contributed by atoms with Crippen LogP contribution in [0.25, 0.3) is 0 Å². The molecule has 3 aliphatic heterocycles. The number of amides is 1. The van der Waals surface area contributed by atoms with Crippen LogP contribution in [0.2, 0.25) is 0 Å². The number of hydrogen-bond acceptors (Lipinski definition) is 4. The molecule has 0 aliphatic carbocycles. The summed E-state index contributed by atoms with van der Waals surface area (Å²) in [5.41, 5.74) is 2.57. The van der Waals surface area contributed by atoms with Crippen LogP contribution in [0.4, 0.5) is 5.69 Å². The zero-order valence-electron chi connectivity index (χ0n) is 19.1. The summed E-state index contributed by atoms with van der Waals surface area (Å²) < 4.78 is 6.26. The molecule has 3 saturated heterocycles. The summed E-state index contributed by atoms with van der Waals surface area (Å²) in [6.07, 6.45) is 6.94. The van der Waals surface area contributed by atoms with Crippen molar-refractivity contribution in [3.8, 4) is 0 Å². The van der Waals surface area contributed by atoms with Gasteiger partial charge in [0, 0.05) is 46.0 Å². The van der Waals surface area contributed by atoms with Gasteiger partial charge in [0.1, 0.15) is 0 Å². The Labute approximate surface area is 182 Å². The molecule has 5 heteroatoms. The van der Waals surface area contributed by atoms with Crippen LogP contribution in [0, 0.1) is 11.3 Å². The number of carbonyl (C=O) groups is 1. The van der Waals surface area contributed by atoms with Gasteiger partial charge in [-0.1, -0.05) is 19.1 Å². The molecule has 3 heterocycles. The average Bonchev–Trinajstić information content (AvgIpc) is 3.10. The minimum Gasteiger partial charge on any atom is -0.378 e. The van der Waals surface area contributed by atoms with Crippen LogP contribution < -0.4 is 4.90 Å². The Morgan fingerprint density at radius 2 is 1.90 bits per heavy atom. The van der Waals surface area contributed by atoms with Crippen LogP contribution >= 0.6 is 0 Å². The summed E-state index contributed by atoms with van der Waals surface area (Å²) in [5.74, 6) is 1.09. The normalized spacial score (nSPS) is 26.8. The molecule has 1 spiro atoms. The van der Waals surface area contributed by atoms with Gasteiger partial charge in [-0.3, -0.25) is 4.79 Å².